The molecule has 0 amide bonds. The summed E-state index contributed by atoms with van der Waals surface area (Å²) in [6, 6.07) is 0.300. The molecule has 1 aliphatic heterocycles. The predicted molar refractivity (Wildman–Crippen MR) is 117 cm³/mol. The maximum Gasteiger partial charge on any atom is 0.0987 e. The molecule has 0 aromatic heterocycles. The molecule has 0 saturated carbocycles. The third-order valence-electron chi connectivity index (χ3n) is 6.01. The van der Waals surface area contributed by atoms with Crippen LogP contribution in [-0.2, 0) is 4.74 Å². The number of nitrogens with two attached hydrogens (primary N) is 1. The lowest BCUT2D eigenvalue weighted by Gasteiger charge is -2.44. The second-order valence-corrected chi connectivity index (χ2v) is 7.73. The number of aliphatic hydroxyl groups excluding tert-OH is 1. The van der Waals surface area contributed by atoms with Gasteiger partial charge in [0, 0.05) is 38.0 Å². The molecule has 6 heteroatoms. The zero-order valence-corrected chi connectivity index (χ0v) is 18.4. The number of ether oxygens (including phenoxy) is 1. The molecule has 6 nitrogen and oxygen atoms in total. The van der Waals surface area contributed by atoms with Gasteiger partial charge in [0.15, 0.2) is 0 Å². The number of hydrogen-bond acceptors (Lipinski definition) is 6. The van der Waals surface area contributed by atoms with Crippen LogP contribution < -0.4 is 5.73 Å². The topological polar surface area (TPSA) is 85.8 Å². The quantitative estimate of drug-likeness (QED) is 0.394. The number of hydrogen-bond donors (Lipinski definition) is 3. The van der Waals surface area contributed by atoms with Crippen LogP contribution in [0.25, 0.3) is 0 Å². The van der Waals surface area contributed by atoms with Gasteiger partial charge in [-0.15, -0.1) is 0 Å². The number of nitrogens with zero attached hydrogens (tertiary/aromatic N) is 2. The third-order valence-corrected chi connectivity index (χ3v) is 6.01. The summed E-state index contributed by atoms with van der Waals surface area (Å²) in [5.41, 5.74) is 7.89. The standard InChI is InChI=1S/C22H38N4O2/c1-16(20-14-19(10-8-12-23)17(2)26(20)6)15-25(5)22(4,18(3)24)21(28-7)11-9-13-27/h8-12,14,16-17,21,24,27H,13,15,23H2,1-7H3/b11-9+,12-8-,19-10-,24-18?/t16-,17-,21?,22+/m0/s1. The van der Waals surface area contributed by atoms with Crippen molar-refractivity contribution in [3.8, 4) is 0 Å². The summed E-state index contributed by atoms with van der Waals surface area (Å²) in [7, 11) is 5.78. The summed E-state index contributed by atoms with van der Waals surface area (Å²) in [4.78, 5) is 4.47. The lowest BCUT2D eigenvalue weighted by atomic mass is 9.86. The Morgan fingerprint density at radius 3 is 2.68 bits per heavy atom. The van der Waals surface area contributed by atoms with Gasteiger partial charge in [0.25, 0.3) is 0 Å². The fraction of sp³-hybridized carbons (Fsp3) is 0.591. The van der Waals surface area contributed by atoms with Crippen LogP contribution in [0.15, 0.2) is 47.9 Å². The molecule has 1 rings (SSSR count). The first-order chi connectivity index (χ1) is 13.1. The molecular weight excluding hydrogens is 352 g/mol. The van der Waals surface area contributed by atoms with Crippen molar-refractivity contribution < 1.29 is 9.84 Å². The SMILES string of the molecule is COC(/C=C/CO)[C@@](C)(C(C)=N)N(C)C[C@H](C)C1=C/C(=C/C=C\N)[C@H](C)N1C. The van der Waals surface area contributed by atoms with Crippen molar-refractivity contribution in [1.29, 1.82) is 5.41 Å². The molecule has 1 aliphatic rings. The highest BCUT2D eigenvalue weighted by molar-refractivity contribution is 5.89. The first-order valence-electron chi connectivity index (χ1n) is 9.75. The molecule has 0 saturated heterocycles. The van der Waals surface area contributed by atoms with E-state index in [9.17, 15) is 0 Å². The van der Waals surface area contributed by atoms with Gasteiger partial charge in [-0.3, -0.25) is 4.90 Å². The number of methoxy groups -OCH3 is 1. The molecule has 4 N–H and O–H groups in total. The Morgan fingerprint density at radius 2 is 2.18 bits per heavy atom. The fourth-order valence-corrected chi connectivity index (χ4v) is 3.78. The molecule has 0 fully saturated rings. The lowest BCUT2D eigenvalue weighted by molar-refractivity contribution is 0.0258. The van der Waals surface area contributed by atoms with Crippen molar-refractivity contribution in [3.05, 3.63) is 47.9 Å². The minimum absolute atomic E-state index is 0.0466. The molecule has 0 aromatic rings. The molecule has 4 atom stereocenters. The molecule has 0 radical (unpaired) electrons. The Balaban J connectivity index is 3.09. The van der Waals surface area contributed by atoms with E-state index < -0.39 is 5.54 Å². The van der Waals surface area contributed by atoms with E-state index in [2.05, 4.69) is 42.8 Å². The zero-order valence-electron chi connectivity index (χ0n) is 18.4. The average molecular weight is 391 g/mol. The number of likely N-dealkylation sites (N-methyl/N-ethyl adjacent to an activating group) is 2. The smallest absolute Gasteiger partial charge is 0.0987 e. The minimum Gasteiger partial charge on any atom is -0.405 e. The molecule has 0 spiro atoms. The fourth-order valence-electron chi connectivity index (χ4n) is 3.78. The van der Waals surface area contributed by atoms with Crippen molar-refractivity contribution in [2.24, 2.45) is 11.7 Å². The largest absolute Gasteiger partial charge is 0.405 e. The van der Waals surface area contributed by atoms with Gasteiger partial charge in [-0.05, 0) is 51.7 Å². The van der Waals surface area contributed by atoms with Crippen LogP contribution in [0, 0.1) is 11.3 Å². The van der Waals surface area contributed by atoms with Crippen LogP contribution in [0.5, 0.6) is 0 Å². The van der Waals surface area contributed by atoms with E-state index in [1.807, 2.05) is 33.0 Å². The first kappa shape index (κ1) is 24.1. The van der Waals surface area contributed by atoms with Crippen LogP contribution >= 0.6 is 0 Å². The second kappa shape index (κ2) is 10.6. The van der Waals surface area contributed by atoms with Crippen molar-refractivity contribution in [2.75, 3.05) is 34.4 Å². The second-order valence-electron chi connectivity index (χ2n) is 7.73. The number of nitrogens with one attached hydrogen (secondary N) is 1. The van der Waals surface area contributed by atoms with Gasteiger partial charge in [-0.25, -0.2) is 0 Å². The normalized spacial score (nSPS) is 23.6. The summed E-state index contributed by atoms with van der Waals surface area (Å²) in [5.74, 6) is 0.267. The summed E-state index contributed by atoms with van der Waals surface area (Å²) < 4.78 is 5.67. The molecule has 28 heavy (non-hydrogen) atoms. The minimum atomic E-state index is -0.612. The van der Waals surface area contributed by atoms with E-state index >= 15 is 0 Å². The number of rotatable bonds is 10. The average Bonchev–Trinajstić information content (AvgIpc) is 2.94. The van der Waals surface area contributed by atoms with E-state index in [-0.39, 0.29) is 18.6 Å². The Labute approximate surface area is 170 Å². The van der Waals surface area contributed by atoms with Gasteiger partial charge in [0.1, 0.15) is 0 Å². The van der Waals surface area contributed by atoms with Crippen LogP contribution in [0.3, 0.4) is 0 Å². The molecule has 1 heterocycles. The maximum atomic E-state index is 9.14. The van der Waals surface area contributed by atoms with E-state index in [0.717, 1.165) is 6.54 Å². The van der Waals surface area contributed by atoms with Crippen LogP contribution in [-0.4, -0.2) is 72.7 Å². The molecule has 0 bridgehead atoms. The summed E-state index contributed by atoms with van der Waals surface area (Å²) in [6.45, 7) is 8.94. The van der Waals surface area contributed by atoms with E-state index in [1.54, 1.807) is 19.4 Å². The van der Waals surface area contributed by atoms with Gasteiger partial charge in [-0.1, -0.05) is 25.2 Å². The summed E-state index contributed by atoms with van der Waals surface area (Å²) in [5, 5.41) is 17.6. The number of aliphatic hydroxyl groups is 1. The van der Waals surface area contributed by atoms with E-state index in [0.29, 0.717) is 11.8 Å². The molecular formula is C22H38N4O2. The summed E-state index contributed by atoms with van der Waals surface area (Å²) in [6.07, 6.45) is 10.9. The first-order valence-corrected chi connectivity index (χ1v) is 9.75. The highest BCUT2D eigenvalue weighted by Gasteiger charge is 2.40. The molecule has 0 aliphatic carbocycles. The van der Waals surface area contributed by atoms with Crippen LogP contribution in [0.2, 0.25) is 0 Å². The predicted octanol–water partition coefficient (Wildman–Crippen LogP) is 2.53. The Hall–Kier alpha value is -1.89. The van der Waals surface area contributed by atoms with E-state index in [4.69, 9.17) is 21.0 Å². The highest BCUT2D eigenvalue weighted by atomic mass is 16.5. The zero-order chi connectivity index (χ0) is 21.5. The van der Waals surface area contributed by atoms with E-state index in [1.165, 1.54) is 11.3 Å². The maximum absolute atomic E-state index is 9.14. The Kier molecular flexibility index (Phi) is 9.14. The third kappa shape index (κ3) is 5.13. The summed E-state index contributed by atoms with van der Waals surface area (Å²) >= 11 is 0. The Bertz CT molecular complexity index is 653. The molecule has 0 aromatic carbocycles. The van der Waals surface area contributed by atoms with Crippen molar-refractivity contribution in [3.63, 3.8) is 0 Å². The van der Waals surface area contributed by atoms with Gasteiger partial charge in [-0.2, -0.15) is 0 Å². The Morgan fingerprint density at radius 1 is 1.54 bits per heavy atom. The van der Waals surface area contributed by atoms with Crippen molar-refractivity contribution >= 4 is 5.71 Å². The highest BCUT2D eigenvalue weighted by Crippen LogP contribution is 2.32. The van der Waals surface area contributed by atoms with Gasteiger partial charge in [0.05, 0.1) is 24.3 Å². The monoisotopic (exact) mass is 390 g/mol. The van der Waals surface area contributed by atoms with Crippen molar-refractivity contribution in [1.82, 2.24) is 9.80 Å². The van der Waals surface area contributed by atoms with Crippen LogP contribution in [0.1, 0.15) is 27.7 Å². The van der Waals surface area contributed by atoms with Crippen molar-refractivity contribution in [2.45, 2.75) is 45.4 Å². The molecule has 1 unspecified atom stereocenters. The van der Waals surface area contributed by atoms with Gasteiger partial charge < -0.3 is 25.9 Å². The molecule has 158 valence electrons. The van der Waals surface area contributed by atoms with Gasteiger partial charge in [0.2, 0.25) is 0 Å². The van der Waals surface area contributed by atoms with Gasteiger partial charge >= 0.3 is 0 Å². The lowest BCUT2D eigenvalue weighted by Crippen LogP contribution is -2.58. The number of allylic oxidation sites excluding steroid dienone is 2. The van der Waals surface area contributed by atoms with Crippen LogP contribution in [0.4, 0.5) is 0 Å².